The molecule has 1 aromatic heterocycles. The van der Waals surface area contributed by atoms with Gasteiger partial charge in [0, 0.05) is 41.3 Å². The molecule has 2 aromatic rings. The molecule has 0 saturated heterocycles. The van der Waals surface area contributed by atoms with Gasteiger partial charge in [0.25, 0.3) is 0 Å². The number of carbonyl (C=O) groups excluding carboxylic acids is 2. The van der Waals surface area contributed by atoms with Crippen LogP contribution in [-0.4, -0.2) is 43.4 Å². The molecule has 1 aliphatic rings. The van der Waals surface area contributed by atoms with E-state index in [1.165, 1.54) is 7.11 Å². The van der Waals surface area contributed by atoms with Crippen LogP contribution in [-0.2, 0) is 37.6 Å². The monoisotopic (exact) mass is 619 g/mol. The molecular formula is C24H32F2IN3O4Si. The lowest BCUT2D eigenvalue weighted by Crippen LogP contribution is -2.38. The second-order valence-electron chi connectivity index (χ2n) is 10.2. The van der Waals surface area contributed by atoms with Crippen molar-refractivity contribution in [2.45, 2.75) is 69.9 Å². The summed E-state index contributed by atoms with van der Waals surface area (Å²) >= 11 is 1.80. The maximum absolute atomic E-state index is 14.3. The molecule has 1 amide bonds. The van der Waals surface area contributed by atoms with Gasteiger partial charge in [0.1, 0.15) is 12.4 Å². The summed E-state index contributed by atoms with van der Waals surface area (Å²) in [5.41, 5.74) is 0.303. The molecule has 0 bridgehead atoms. The average molecular weight is 620 g/mol. The lowest BCUT2D eigenvalue weighted by Gasteiger charge is -2.36. The molecule has 0 radical (unpaired) electrons. The predicted octanol–water partition coefficient (Wildman–Crippen LogP) is 5.24. The van der Waals surface area contributed by atoms with E-state index in [4.69, 9.17) is 9.47 Å². The van der Waals surface area contributed by atoms with E-state index in [9.17, 15) is 18.4 Å². The molecule has 0 aliphatic heterocycles. The number of anilines is 1. The largest absolute Gasteiger partial charge is 0.469 e. The molecule has 1 N–H and O–H groups in total. The molecule has 7 nitrogen and oxygen atoms in total. The molecule has 0 saturated carbocycles. The summed E-state index contributed by atoms with van der Waals surface area (Å²) in [5, 5.41) is 6.86. The van der Waals surface area contributed by atoms with Crippen molar-refractivity contribution in [2.24, 2.45) is 0 Å². The number of nitrogens with zero attached hydrogens (tertiary/aromatic N) is 2. The molecule has 0 spiro atoms. The second-order valence-corrected chi connectivity index (χ2v) is 17.1. The highest BCUT2D eigenvalue weighted by Gasteiger charge is 2.43. The third kappa shape index (κ3) is 7.10. The molecule has 1 atom stereocenters. The molecule has 35 heavy (non-hydrogen) atoms. The van der Waals surface area contributed by atoms with E-state index in [1.807, 2.05) is 0 Å². The van der Waals surface area contributed by atoms with Crippen molar-refractivity contribution in [1.29, 1.82) is 0 Å². The minimum atomic E-state index is -1.22. The van der Waals surface area contributed by atoms with Gasteiger partial charge in [-0.05, 0) is 60.0 Å². The number of nitrogens with one attached hydrogen (secondary N) is 1. The van der Waals surface area contributed by atoms with Crippen LogP contribution >= 0.6 is 22.6 Å². The number of rotatable bonds is 10. The first kappa shape index (κ1) is 27.7. The van der Waals surface area contributed by atoms with E-state index in [1.54, 1.807) is 33.5 Å². The molecular weight excluding hydrogens is 587 g/mol. The summed E-state index contributed by atoms with van der Waals surface area (Å²) < 4.78 is 41.6. The number of methoxy groups -OCH3 is 1. The van der Waals surface area contributed by atoms with Crippen LogP contribution in [0.5, 0.6) is 0 Å². The summed E-state index contributed by atoms with van der Waals surface area (Å²) in [7, 11) is 0.0778. The van der Waals surface area contributed by atoms with Crippen molar-refractivity contribution >= 4 is 48.2 Å². The highest BCUT2D eigenvalue weighted by atomic mass is 127. The Labute approximate surface area is 219 Å². The quantitative estimate of drug-likeness (QED) is 0.170. The summed E-state index contributed by atoms with van der Waals surface area (Å²) in [4.78, 5) is 25.4. The van der Waals surface area contributed by atoms with Gasteiger partial charge in [-0.2, -0.15) is 5.10 Å². The summed E-state index contributed by atoms with van der Waals surface area (Å²) in [6.45, 7) is 7.79. The summed E-state index contributed by atoms with van der Waals surface area (Å²) in [6, 6.07) is 3.33. The first-order valence-electron chi connectivity index (χ1n) is 11.6. The van der Waals surface area contributed by atoms with Gasteiger partial charge in [0.05, 0.1) is 19.7 Å². The van der Waals surface area contributed by atoms with Crippen molar-refractivity contribution in [1.82, 2.24) is 9.78 Å². The maximum Gasteiger partial charge on any atom is 0.306 e. The molecule has 1 aliphatic carbocycles. The van der Waals surface area contributed by atoms with Crippen LogP contribution in [0.15, 0.2) is 18.3 Å². The van der Waals surface area contributed by atoms with Gasteiger partial charge in [-0.15, -0.1) is 0 Å². The molecule has 0 fully saturated rings. The molecule has 192 valence electrons. The Morgan fingerprint density at radius 3 is 2.54 bits per heavy atom. The smallest absolute Gasteiger partial charge is 0.306 e. The minimum absolute atomic E-state index is 0.0379. The fourth-order valence-electron chi connectivity index (χ4n) is 4.42. The van der Waals surface area contributed by atoms with Gasteiger partial charge in [-0.25, -0.2) is 13.5 Å². The molecule has 0 unspecified atom stereocenters. The van der Waals surface area contributed by atoms with E-state index in [0.29, 0.717) is 23.3 Å². The van der Waals surface area contributed by atoms with E-state index in [0.717, 1.165) is 42.3 Å². The third-order valence-electron chi connectivity index (χ3n) is 6.28. The lowest BCUT2D eigenvalue weighted by atomic mass is 9.68. The summed E-state index contributed by atoms with van der Waals surface area (Å²) in [5.74, 6) is -2.74. The first-order chi connectivity index (χ1) is 16.4. The Balaban J connectivity index is 1.83. The van der Waals surface area contributed by atoms with Gasteiger partial charge < -0.3 is 14.8 Å². The molecule has 1 aromatic carbocycles. The van der Waals surface area contributed by atoms with Crippen molar-refractivity contribution < 1.29 is 27.8 Å². The van der Waals surface area contributed by atoms with Crippen LogP contribution in [0.3, 0.4) is 0 Å². The van der Waals surface area contributed by atoms with E-state index < -0.39 is 42.7 Å². The number of carbonyl (C=O) groups is 2. The third-order valence-corrected chi connectivity index (χ3v) is 8.61. The minimum Gasteiger partial charge on any atom is -0.469 e. The fourth-order valence-corrected chi connectivity index (χ4v) is 5.72. The number of benzene rings is 1. The molecule has 11 heteroatoms. The van der Waals surface area contributed by atoms with Crippen LogP contribution < -0.4 is 5.32 Å². The van der Waals surface area contributed by atoms with Gasteiger partial charge in [0.2, 0.25) is 5.91 Å². The SMILES string of the molecule is COC(=O)C[C@@]1(CC(=O)Nc2c(F)cc(I)cc2F)CCCc2c1cnn2COCC[Si](C)(C)C. The van der Waals surface area contributed by atoms with Gasteiger partial charge in [-0.1, -0.05) is 19.6 Å². The number of halogens is 3. The molecule has 3 rings (SSSR count). The van der Waals surface area contributed by atoms with Gasteiger partial charge >= 0.3 is 5.97 Å². The Kier molecular flexibility index (Phi) is 9.08. The standard InChI is InChI=1S/C24H32F2IN3O4Si/c1-33-22(32)13-24(12-21(31)29-23-18(25)10-16(27)11-19(23)26)7-5-6-20-17(24)14-28-30(20)15-34-8-9-35(2,3)4/h10-11,14H,5-9,12-13,15H2,1-4H3,(H,29,31)/t24-/m0/s1. The van der Waals surface area contributed by atoms with Gasteiger partial charge in [-0.3, -0.25) is 9.59 Å². The second kappa shape index (κ2) is 11.5. The van der Waals surface area contributed by atoms with Crippen LogP contribution in [0.1, 0.15) is 36.9 Å². The Morgan fingerprint density at radius 2 is 1.91 bits per heavy atom. The van der Waals surface area contributed by atoms with Crippen LogP contribution in [0, 0.1) is 15.2 Å². The highest BCUT2D eigenvalue weighted by molar-refractivity contribution is 14.1. The first-order valence-corrected chi connectivity index (χ1v) is 16.4. The average Bonchev–Trinajstić information content (AvgIpc) is 3.17. The van der Waals surface area contributed by atoms with Crippen molar-refractivity contribution in [3.05, 3.63) is 44.8 Å². The maximum atomic E-state index is 14.3. The van der Waals surface area contributed by atoms with Crippen molar-refractivity contribution in [3.8, 4) is 0 Å². The number of esters is 1. The summed E-state index contributed by atoms with van der Waals surface area (Å²) in [6.07, 6.45) is 3.51. The zero-order valence-corrected chi connectivity index (χ0v) is 23.7. The normalized spacial score (nSPS) is 17.7. The van der Waals surface area contributed by atoms with Crippen molar-refractivity contribution in [2.75, 3.05) is 19.0 Å². The van der Waals surface area contributed by atoms with E-state index in [-0.39, 0.29) is 12.8 Å². The Morgan fingerprint density at radius 1 is 1.23 bits per heavy atom. The molecule has 1 heterocycles. The topological polar surface area (TPSA) is 82.5 Å². The predicted molar refractivity (Wildman–Crippen MR) is 140 cm³/mol. The Bertz CT molecular complexity index is 1070. The van der Waals surface area contributed by atoms with Gasteiger partial charge in [0.15, 0.2) is 11.6 Å². The number of amides is 1. The number of fused-ring (bicyclic) bond motifs is 1. The van der Waals surface area contributed by atoms with Crippen LogP contribution in [0.4, 0.5) is 14.5 Å². The van der Waals surface area contributed by atoms with Crippen LogP contribution in [0.2, 0.25) is 25.7 Å². The zero-order valence-electron chi connectivity index (χ0n) is 20.6. The Hall–Kier alpha value is -1.86. The number of hydrogen-bond acceptors (Lipinski definition) is 5. The van der Waals surface area contributed by atoms with Crippen molar-refractivity contribution in [3.63, 3.8) is 0 Å². The number of hydrogen-bond donors (Lipinski definition) is 1. The number of aromatic nitrogens is 2. The fraction of sp³-hybridized carbons (Fsp3) is 0.542. The van der Waals surface area contributed by atoms with E-state index >= 15 is 0 Å². The lowest BCUT2D eigenvalue weighted by molar-refractivity contribution is -0.142. The highest BCUT2D eigenvalue weighted by Crippen LogP contribution is 2.43. The zero-order chi connectivity index (χ0) is 25.8. The van der Waals surface area contributed by atoms with Crippen LogP contribution in [0.25, 0.3) is 0 Å². The van der Waals surface area contributed by atoms with E-state index in [2.05, 4.69) is 30.1 Å². The number of ether oxygens (including phenoxy) is 2.